The van der Waals surface area contributed by atoms with Gasteiger partial charge in [0, 0.05) is 24.2 Å². The number of nitrogens with zero attached hydrogens (tertiary/aromatic N) is 2. The van der Waals surface area contributed by atoms with Crippen molar-refractivity contribution in [3.05, 3.63) is 113 Å². The first-order valence-electron chi connectivity index (χ1n) is 12.7. The van der Waals surface area contributed by atoms with Crippen LogP contribution in [0.25, 0.3) is 10.4 Å². The van der Waals surface area contributed by atoms with Crippen LogP contribution in [0.5, 0.6) is 0 Å². The highest BCUT2D eigenvalue weighted by atomic mass is 32.2. The van der Waals surface area contributed by atoms with Gasteiger partial charge in [0.2, 0.25) is 16.6 Å². The van der Waals surface area contributed by atoms with E-state index in [1.807, 2.05) is 24.3 Å². The summed E-state index contributed by atoms with van der Waals surface area (Å²) in [5.74, 6) is -0.242. The first-order chi connectivity index (χ1) is 18.9. The lowest BCUT2D eigenvalue weighted by Gasteiger charge is -2.34. The number of ether oxygens (including phenoxy) is 1. The van der Waals surface area contributed by atoms with Gasteiger partial charge in [-0.25, -0.2) is 19.8 Å². The zero-order valence-corrected chi connectivity index (χ0v) is 23.5. The second kappa shape index (κ2) is 11.5. The molecule has 3 aromatic carbocycles. The third kappa shape index (κ3) is 6.30. The molecular weight excluding hydrogens is 526 g/mol. The smallest absolute Gasteiger partial charge is 0.412 e. The minimum atomic E-state index is -3.99. The summed E-state index contributed by atoms with van der Waals surface area (Å²) in [4.78, 5) is 28.9. The number of carbonyl (C=O) groups is 2. The molecule has 0 fully saturated rings. The zero-order valence-electron chi connectivity index (χ0n) is 22.7. The van der Waals surface area contributed by atoms with Crippen molar-refractivity contribution in [3.63, 3.8) is 0 Å². The number of anilines is 1. The first-order valence-corrected chi connectivity index (χ1v) is 14.2. The summed E-state index contributed by atoms with van der Waals surface area (Å²) in [6, 6.07) is 19.5. The average molecular weight is 558 g/mol. The molecule has 40 heavy (non-hydrogen) atoms. The van der Waals surface area contributed by atoms with Crippen LogP contribution in [0.2, 0.25) is 0 Å². The molecule has 3 aromatic rings. The topological polar surface area (TPSA) is 97.1 Å². The lowest BCUT2D eigenvalue weighted by molar-refractivity contribution is 0.0635. The molecule has 0 saturated heterocycles. The summed E-state index contributed by atoms with van der Waals surface area (Å²) in [5.41, 5.74) is 3.00. The molecule has 1 unspecified atom stereocenters. The van der Waals surface area contributed by atoms with Crippen LogP contribution >= 0.6 is 0 Å². The fourth-order valence-corrected chi connectivity index (χ4v) is 6.20. The van der Waals surface area contributed by atoms with Crippen LogP contribution in [-0.2, 0) is 21.2 Å². The van der Waals surface area contributed by atoms with Crippen LogP contribution in [0.3, 0.4) is 0 Å². The number of ketones is 1. The Morgan fingerprint density at radius 2 is 1.70 bits per heavy atom. The largest absolute Gasteiger partial charge is 0.444 e. The second-order valence-corrected chi connectivity index (χ2v) is 12.4. The van der Waals surface area contributed by atoms with Crippen LogP contribution in [-0.4, -0.2) is 43.3 Å². The minimum Gasteiger partial charge on any atom is -0.444 e. The molecular formula is C31H31N3O5S. The molecule has 1 aliphatic heterocycles. The monoisotopic (exact) mass is 557 g/mol. The lowest BCUT2D eigenvalue weighted by Crippen LogP contribution is -2.40. The molecule has 1 N–H and O–H groups in total. The van der Waals surface area contributed by atoms with Crippen molar-refractivity contribution in [2.24, 2.45) is 0 Å². The number of para-hydroxylation sites is 1. The van der Waals surface area contributed by atoms with Crippen LogP contribution in [0.1, 0.15) is 53.9 Å². The Balaban J connectivity index is 1.54. The number of Topliss-reactive ketones (excluding diaryl/α,β-unsaturated/α-hetero) is 1. The predicted octanol–water partition coefficient (Wildman–Crippen LogP) is 6.14. The van der Waals surface area contributed by atoms with Crippen LogP contribution in [0, 0.1) is 6.57 Å². The van der Waals surface area contributed by atoms with Gasteiger partial charge in [-0.15, -0.1) is 0 Å². The second-order valence-electron chi connectivity index (χ2n) is 10.5. The maximum atomic E-state index is 13.7. The highest BCUT2D eigenvalue weighted by Gasteiger charge is 2.39. The third-order valence-corrected chi connectivity index (χ3v) is 8.32. The Kier molecular flexibility index (Phi) is 8.24. The molecule has 0 spiro atoms. The van der Waals surface area contributed by atoms with Crippen LogP contribution < -0.4 is 5.32 Å². The summed E-state index contributed by atoms with van der Waals surface area (Å²) in [6.07, 6.45) is -0.630. The van der Waals surface area contributed by atoms with E-state index >= 15 is 0 Å². The van der Waals surface area contributed by atoms with E-state index < -0.39 is 27.8 Å². The highest BCUT2D eigenvalue weighted by molar-refractivity contribution is 7.89. The summed E-state index contributed by atoms with van der Waals surface area (Å²) >= 11 is 0. The Hall–Kier alpha value is -4.26. The maximum absolute atomic E-state index is 13.7. The molecule has 0 bridgehead atoms. The quantitative estimate of drug-likeness (QED) is 0.278. The van der Waals surface area contributed by atoms with Crippen molar-refractivity contribution in [3.8, 4) is 0 Å². The Morgan fingerprint density at radius 3 is 2.38 bits per heavy atom. The number of amides is 1. The summed E-state index contributed by atoms with van der Waals surface area (Å²) in [7, 11) is -3.99. The van der Waals surface area contributed by atoms with E-state index in [1.165, 1.54) is 28.6 Å². The fourth-order valence-electron chi connectivity index (χ4n) is 4.61. The van der Waals surface area contributed by atoms with E-state index in [2.05, 4.69) is 16.7 Å². The van der Waals surface area contributed by atoms with Crippen LogP contribution in [0.4, 0.5) is 10.5 Å². The Bertz CT molecular complexity index is 1600. The van der Waals surface area contributed by atoms with E-state index in [9.17, 15) is 18.0 Å². The minimum absolute atomic E-state index is 0.00607. The SMILES string of the molecule is [C-]#[N+]CC1c2ccccc2C(=C)CN1S(=O)(=O)c1ccc(C(=O)Cc2ccccc2NC(=O)OC(C)(C)C)cc1. The van der Waals surface area contributed by atoms with E-state index in [1.54, 1.807) is 45.0 Å². The van der Waals surface area contributed by atoms with E-state index in [0.717, 1.165) is 11.1 Å². The van der Waals surface area contributed by atoms with Crippen molar-refractivity contribution in [1.82, 2.24) is 4.31 Å². The number of hydrogen-bond acceptors (Lipinski definition) is 5. The molecule has 1 aliphatic rings. The summed E-state index contributed by atoms with van der Waals surface area (Å²) in [6.45, 7) is 16.8. The molecule has 0 radical (unpaired) electrons. The van der Waals surface area contributed by atoms with Gasteiger partial charge >= 0.3 is 6.09 Å². The third-order valence-electron chi connectivity index (χ3n) is 6.45. The van der Waals surface area contributed by atoms with E-state index in [4.69, 9.17) is 11.3 Å². The van der Waals surface area contributed by atoms with Crippen molar-refractivity contribution < 1.29 is 22.7 Å². The normalized spacial score (nSPS) is 15.6. The van der Waals surface area contributed by atoms with E-state index in [0.29, 0.717) is 22.4 Å². The van der Waals surface area contributed by atoms with Gasteiger partial charge < -0.3 is 9.58 Å². The van der Waals surface area contributed by atoms with Crippen LogP contribution in [0.15, 0.2) is 84.3 Å². The van der Waals surface area contributed by atoms with Crippen molar-refractivity contribution in [2.45, 2.75) is 43.7 Å². The lowest BCUT2D eigenvalue weighted by atomic mass is 9.91. The fraction of sp³-hybridized carbons (Fsp3) is 0.258. The number of benzene rings is 3. The number of carbonyl (C=O) groups excluding carboxylic acids is 2. The van der Waals surface area contributed by atoms with Gasteiger partial charge in [-0.1, -0.05) is 61.2 Å². The molecule has 1 heterocycles. The molecule has 1 amide bonds. The summed E-state index contributed by atoms with van der Waals surface area (Å²) in [5, 5.41) is 2.69. The van der Waals surface area contributed by atoms with Crippen molar-refractivity contribution in [2.75, 3.05) is 18.4 Å². The van der Waals surface area contributed by atoms with Gasteiger partial charge in [0.15, 0.2) is 5.78 Å². The van der Waals surface area contributed by atoms with Gasteiger partial charge in [0.25, 0.3) is 0 Å². The zero-order chi connectivity index (χ0) is 29.1. The summed E-state index contributed by atoms with van der Waals surface area (Å²) < 4.78 is 34.0. The molecule has 0 aromatic heterocycles. The molecule has 0 saturated carbocycles. The molecule has 4 rings (SSSR count). The number of hydrogen-bond donors (Lipinski definition) is 1. The van der Waals surface area contributed by atoms with Gasteiger partial charge in [-0.2, -0.15) is 4.31 Å². The molecule has 9 heteroatoms. The maximum Gasteiger partial charge on any atom is 0.412 e. The molecule has 206 valence electrons. The molecule has 1 atom stereocenters. The number of sulfonamides is 1. The molecule has 0 aliphatic carbocycles. The van der Waals surface area contributed by atoms with Crippen molar-refractivity contribution in [1.29, 1.82) is 0 Å². The number of nitrogens with one attached hydrogen (secondary N) is 1. The molecule has 8 nitrogen and oxygen atoms in total. The van der Waals surface area contributed by atoms with Gasteiger partial charge in [-0.3, -0.25) is 10.1 Å². The Labute approximate surface area is 235 Å². The van der Waals surface area contributed by atoms with Gasteiger partial charge in [0.05, 0.1) is 4.90 Å². The Morgan fingerprint density at radius 1 is 1.05 bits per heavy atom. The first kappa shape index (κ1) is 28.7. The van der Waals surface area contributed by atoms with Gasteiger partial charge in [0.1, 0.15) is 11.6 Å². The van der Waals surface area contributed by atoms with Crippen molar-refractivity contribution >= 4 is 33.2 Å². The highest BCUT2D eigenvalue weighted by Crippen LogP contribution is 2.38. The van der Waals surface area contributed by atoms with Gasteiger partial charge in [-0.05, 0) is 61.2 Å². The average Bonchev–Trinajstić information content (AvgIpc) is 2.90. The number of fused-ring (bicyclic) bond motifs is 1. The predicted molar refractivity (Wildman–Crippen MR) is 154 cm³/mol. The number of rotatable bonds is 7. The standard InChI is InChI=1S/C31H31N3O5S/c1-21-20-34(28(19-32-5)26-12-8-7-11-25(21)26)40(37,38)24-16-14-22(15-17-24)29(35)18-23-10-6-9-13-27(23)33-30(36)39-31(2,3)4/h6-17,28H,1,18-20H2,2-4H3,(H,33,36). The van der Waals surface area contributed by atoms with E-state index in [-0.39, 0.29) is 30.2 Å².